The average Bonchev–Trinajstić information content (AvgIpc) is 2.73. The molecule has 0 atom stereocenters. The Bertz CT molecular complexity index is 1490. The maximum absolute atomic E-state index is 12.4. The van der Waals surface area contributed by atoms with Crippen molar-refractivity contribution in [1.29, 1.82) is 0 Å². The van der Waals surface area contributed by atoms with Gasteiger partial charge in [-0.1, -0.05) is 0 Å². The number of halogens is 4. The minimum Gasteiger partial charge on any atom is -0.508 e. The Morgan fingerprint density at radius 2 is 1.08 bits per heavy atom. The van der Waals surface area contributed by atoms with Gasteiger partial charge >= 0.3 is 31.2 Å². The summed E-state index contributed by atoms with van der Waals surface area (Å²) >= 11 is 12.2. The summed E-state index contributed by atoms with van der Waals surface area (Å²) in [6, 6.07) is 1.94. The molecule has 0 saturated heterocycles. The van der Waals surface area contributed by atoms with Crippen LogP contribution in [0.3, 0.4) is 0 Å². The molecule has 0 heterocycles. The van der Waals surface area contributed by atoms with Crippen molar-refractivity contribution in [3.05, 3.63) is 46.7 Å². The fourth-order valence-electron chi connectivity index (χ4n) is 2.31. The van der Waals surface area contributed by atoms with Crippen molar-refractivity contribution < 1.29 is 61.3 Å². The lowest BCUT2D eigenvalue weighted by Gasteiger charge is -2.15. The lowest BCUT2D eigenvalue weighted by molar-refractivity contribution is 0.252. The Hall–Kier alpha value is -0.590. The summed E-state index contributed by atoms with van der Waals surface area (Å²) in [5.41, 5.74) is -0.0616. The van der Waals surface area contributed by atoms with E-state index >= 15 is 0 Å². The van der Waals surface area contributed by atoms with Crippen LogP contribution in [0.1, 0.15) is 16.7 Å². The molecule has 21 heteroatoms. The van der Waals surface area contributed by atoms with Gasteiger partial charge in [-0.15, -0.1) is 0 Å². The van der Waals surface area contributed by atoms with E-state index in [1.807, 2.05) is 0 Å². The van der Waals surface area contributed by atoms with Gasteiger partial charge in [-0.25, -0.2) is 12.5 Å². The predicted molar refractivity (Wildman–Crippen MR) is 134 cm³/mol. The van der Waals surface area contributed by atoms with Gasteiger partial charge in [0.25, 0.3) is 0 Å². The molecule has 0 aliphatic carbocycles. The van der Waals surface area contributed by atoms with Crippen molar-refractivity contribution in [2.75, 3.05) is 0 Å². The summed E-state index contributed by atoms with van der Waals surface area (Å²) in [4.78, 5) is 0. The zero-order valence-electron chi connectivity index (χ0n) is 16.9. The summed E-state index contributed by atoms with van der Waals surface area (Å²) in [5.74, 6) is -1.94. The molecule has 0 radical (unpaired) electrons. The lowest BCUT2D eigenvalue weighted by atomic mass is 10.1. The second-order valence-corrected chi connectivity index (χ2v) is 12.9. The van der Waals surface area contributed by atoms with Crippen LogP contribution in [0.2, 0.25) is 0 Å². The maximum Gasteiger partial charge on any atom is 0.449 e. The molecular formula is C15H12Br4O14S3. The highest BCUT2D eigenvalue weighted by Gasteiger charge is 2.25. The van der Waals surface area contributed by atoms with E-state index in [0.29, 0.717) is 0 Å². The van der Waals surface area contributed by atoms with Crippen molar-refractivity contribution in [2.24, 2.45) is 0 Å². The fourth-order valence-corrected chi connectivity index (χ4v) is 5.64. The van der Waals surface area contributed by atoms with Crippen LogP contribution in [-0.4, -0.2) is 44.6 Å². The summed E-state index contributed by atoms with van der Waals surface area (Å²) in [6.07, 6.45) is 0. The lowest BCUT2D eigenvalue weighted by Crippen LogP contribution is -2.14. The van der Waals surface area contributed by atoms with Gasteiger partial charge in [0.2, 0.25) is 5.75 Å². The molecule has 14 nitrogen and oxygen atoms in total. The van der Waals surface area contributed by atoms with Crippen LogP contribution in [0.5, 0.6) is 17.2 Å². The van der Waals surface area contributed by atoms with Gasteiger partial charge in [-0.2, -0.15) is 25.3 Å². The van der Waals surface area contributed by atoms with Gasteiger partial charge in [0.1, 0.15) is 5.75 Å². The molecule has 0 spiro atoms. The van der Waals surface area contributed by atoms with Crippen LogP contribution in [0.4, 0.5) is 0 Å². The first-order chi connectivity index (χ1) is 16.3. The minimum absolute atomic E-state index is 0.00927. The zero-order chi connectivity index (χ0) is 27.6. The largest absolute Gasteiger partial charge is 0.508 e. The van der Waals surface area contributed by atoms with Crippen LogP contribution in [0, 0.1) is 0 Å². The maximum atomic E-state index is 12.4. The van der Waals surface area contributed by atoms with Gasteiger partial charge in [0.15, 0.2) is 5.75 Å². The Balaban J connectivity index is 2.23. The van der Waals surface area contributed by atoms with Crippen molar-refractivity contribution in [3.8, 4) is 17.2 Å². The summed E-state index contributed by atoms with van der Waals surface area (Å²) in [6.45, 7) is -2.18. The highest BCUT2D eigenvalue weighted by atomic mass is 79.9. The predicted octanol–water partition coefficient (Wildman–Crippen LogP) is 3.63. The minimum atomic E-state index is -4.86. The highest BCUT2D eigenvalue weighted by molar-refractivity contribution is 9.13. The van der Waals surface area contributed by atoms with E-state index in [4.69, 9.17) is 17.5 Å². The molecule has 2 rings (SSSR count). The highest BCUT2D eigenvalue weighted by Crippen LogP contribution is 2.43. The molecular weight excluding hydrogens is 820 g/mol. The number of hydrogen-bond acceptors (Lipinski definition) is 12. The van der Waals surface area contributed by atoms with Gasteiger partial charge in [0, 0.05) is 19.0 Å². The van der Waals surface area contributed by atoms with Crippen LogP contribution in [-0.2, 0) is 63.6 Å². The summed E-state index contributed by atoms with van der Waals surface area (Å²) in [7, 11) is -14.5. The van der Waals surface area contributed by atoms with Crippen molar-refractivity contribution in [3.63, 3.8) is 0 Å². The second kappa shape index (κ2) is 12.1. The van der Waals surface area contributed by atoms with Gasteiger partial charge < -0.3 is 14.4 Å². The standard InChI is InChI=1S/C15H12Br4O14S3/c16-11-6(1-9(20)8(13(11)18)5-31-35(25,26)27)4-32-36(28,29)33-15-10(21)2-7(12(17)14(15)19)3-30-34(22,23)24/h1-2,20-21H,3-5H2,(H,22,23,24)(H,25,26,27). The second-order valence-electron chi connectivity index (χ2n) is 6.31. The third-order valence-electron chi connectivity index (χ3n) is 3.84. The van der Waals surface area contributed by atoms with E-state index in [9.17, 15) is 35.5 Å². The van der Waals surface area contributed by atoms with E-state index in [1.54, 1.807) is 0 Å². The number of aromatic hydroxyl groups is 2. The van der Waals surface area contributed by atoms with Crippen LogP contribution < -0.4 is 4.18 Å². The van der Waals surface area contributed by atoms with E-state index < -0.39 is 68.3 Å². The Kier molecular flexibility index (Phi) is 10.6. The number of rotatable bonds is 11. The molecule has 0 unspecified atom stereocenters. The van der Waals surface area contributed by atoms with E-state index in [0.717, 1.165) is 12.1 Å². The first-order valence-electron chi connectivity index (χ1n) is 8.52. The SMILES string of the molecule is O=S(=O)(O)OCc1cc(O)c(OS(=O)(=O)OCc2cc(O)c(COS(=O)(=O)O)c(Br)c2Br)c(Br)c1Br. The molecule has 0 fully saturated rings. The Morgan fingerprint density at radius 3 is 1.61 bits per heavy atom. The molecule has 202 valence electrons. The Labute approximate surface area is 238 Å². The molecule has 4 N–H and O–H groups in total. The van der Waals surface area contributed by atoms with Crippen LogP contribution >= 0.6 is 63.7 Å². The quantitative estimate of drug-likeness (QED) is 0.238. The first-order valence-corrected chi connectivity index (χ1v) is 15.8. The van der Waals surface area contributed by atoms with Crippen molar-refractivity contribution >= 4 is 94.9 Å². The molecule has 0 amide bonds. The average molecular weight is 832 g/mol. The van der Waals surface area contributed by atoms with Crippen molar-refractivity contribution in [1.82, 2.24) is 0 Å². The van der Waals surface area contributed by atoms with Gasteiger partial charge in [-0.3, -0.25) is 9.11 Å². The molecule has 0 aliphatic heterocycles. The third-order valence-corrected chi connectivity index (χ3v) is 9.95. The molecule has 2 aromatic carbocycles. The van der Waals surface area contributed by atoms with Gasteiger partial charge in [-0.05, 0) is 87.0 Å². The normalized spacial score (nSPS) is 12.6. The molecule has 0 bridgehead atoms. The summed E-state index contributed by atoms with van der Waals surface area (Å²) in [5, 5.41) is 20.3. The van der Waals surface area contributed by atoms with Crippen molar-refractivity contribution in [2.45, 2.75) is 19.8 Å². The van der Waals surface area contributed by atoms with E-state index in [1.165, 1.54) is 0 Å². The number of benzene rings is 2. The fraction of sp³-hybridized carbons (Fsp3) is 0.200. The number of hydrogen-bond donors (Lipinski definition) is 4. The van der Waals surface area contributed by atoms with Crippen LogP contribution in [0.25, 0.3) is 0 Å². The van der Waals surface area contributed by atoms with E-state index in [2.05, 4.69) is 72.1 Å². The van der Waals surface area contributed by atoms with Gasteiger partial charge in [0.05, 0.1) is 24.3 Å². The molecule has 2 aromatic rings. The molecule has 0 aromatic heterocycles. The molecule has 36 heavy (non-hydrogen) atoms. The topological polar surface area (TPSA) is 220 Å². The molecule has 0 aliphatic rings. The Morgan fingerprint density at radius 1 is 0.639 bits per heavy atom. The number of phenolic OH excluding ortho intramolecular Hbond substituents is 2. The zero-order valence-corrected chi connectivity index (χ0v) is 25.7. The third kappa shape index (κ3) is 9.01. The smallest absolute Gasteiger partial charge is 0.449 e. The van der Waals surface area contributed by atoms with Crippen LogP contribution in [0.15, 0.2) is 30.0 Å². The first kappa shape index (κ1) is 31.6. The summed E-state index contributed by atoms with van der Waals surface area (Å²) < 4.78 is 103. The molecule has 0 saturated carbocycles. The monoisotopic (exact) mass is 828 g/mol. The number of phenols is 2. The van der Waals surface area contributed by atoms with E-state index in [-0.39, 0.29) is 34.6 Å².